The number of aliphatic hydroxyl groups excluding tert-OH is 1. The molecule has 1 aromatic rings. The molecule has 0 aromatic heterocycles. The SMILES string of the molecule is CCC1CCCN(CC(O)c2cc(C)ccc2OC)C1. The number of aliphatic hydroxyl groups is 1. The molecule has 20 heavy (non-hydrogen) atoms. The van der Waals surface area contributed by atoms with Gasteiger partial charge in [-0.2, -0.15) is 0 Å². The maximum atomic E-state index is 10.5. The number of methoxy groups -OCH3 is 1. The molecule has 0 aliphatic carbocycles. The lowest BCUT2D eigenvalue weighted by Gasteiger charge is -2.33. The first kappa shape index (κ1) is 15.3. The normalized spacial score (nSPS) is 21.7. The lowest BCUT2D eigenvalue weighted by atomic mass is 9.95. The van der Waals surface area contributed by atoms with Crippen molar-refractivity contribution in [2.45, 2.75) is 39.2 Å². The molecule has 1 aliphatic heterocycles. The van der Waals surface area contributed by atoms with Crippen molar-refractivity contribution in [1.29, 1.82) is 0 Å². The summed E-state index contributed by atoms with van der Waals surface area (Å²) in [5.74, 6) is 1.57. The van der Waals surface area contributed by atoms with Gasteiger partial charge < -0.3 is 14.7 Å². The molecule has 3 heteroatoms. The summed E-state index contributed by atoms with van der Waals surface area (Å²) in [5, 5.41) is 10.5. The van der Waals surface area contributed by atoms with E-state index in [1.54, 1.807) is 7.11 Å². The Kier molecular flexibility index (Phi) is 5.44. The highest BCUT2D eigenvalue weighted by Crippen LogP contribution is 2.28. The number of ether oxygens (including phenoxy) is 1. The van der Waals surface area contributed by atoms with Gasteiger partial charge in [0.15, 0.2) is 0 Å². The van der Waals surface area contributed by atoms with Crippen LogP contribution in [0.4, 0.5) is 0 Å². The van der Waals surface area contributed by atoms with E-state index in [1.807, 2.05) is 25.1 Å². The van der Waals surface area contributed by atoms with Crippen LogP contribution in [0.2, 0.25) is 0 Å². The molecule has 0 radical (unpaired) electrons. The zero-order valence-corrected chi connectivity index (χ0v) is 12.9. The fraction of sp³-hybridized carbons (Fsp3) is 0.647. The van der Waals surface area contributed by atoms with Crippen LogP contribution in [0.3, 0.4) is 0 Å². The van der Waals surface area contributed by atoms with E-state index in [0.717, 1.165) is 35.9 Å². The largest absolute Gasteiger partial charge is 0.496 e. The predicted octanol–water partition coefficient (Wildman–Crippen LogP) is 3.16. The predicted molar refractivity (Wildman–Crippen MR) is 82.1 cm³/mol. The van der Waals surface area contributed by atoms with E-state index >= 15 is 0 Å². The van der Waals surface area contributed by atoms with Crippen LogP contribution in [0.1, 0.15) is 43.4 Å². The molecule has 0 amide bonds. The Bertz CT molecular complexity index is 433. The van der Waals surface area contributed by atoms with Gasteiger partial charge in [0, 0.05) is 18.7 Å². The molecule has 1 heterocycles. The minimum atomic E-state index is -0.472. The molecular formula is C17H27NO2. The van der Waals surface area contributed by atoms with Crippen molar-refractivity contribution in [3.05, 3.63) is 29.3 Å². The van der Waals surface area contributed by atoms with E-state index in [2.05, 4.69) is 11.8 Å². The minimum Gasteiger partial charge on any atom is -0.496 e. The molecule has 2 atom stereocenters. The number of hydrogen-bond acceptors (Lipinski definition) is 3. The third-order valence-electron chi connectivity index (χ3n) is 4.36. The van der Waals surface area contributed by atoms with E-state index in [4.69, 9.17) is 4.74 Å². The Morgan fingerprint density at radius 2 is 2.25 bits per heavy atom. The van der Waals surface area contributed by atoms with Gasteiger partial charge in [0.05, 0.1) is 13.2 Å². The molecule has 1 N–H and O–H groups in total. The summed E-state index contributed by atoms with van der Waals surface area (Å²) >= 11 is 0. The molecule has 0 bridgehead atoms. The lowest BCUT2D eigenvalue weighted by Crippen LogP contribution is -2.37. The van der Waals surface area contributed by atoms with Gasteiger partial charge in [-0.05, 0) is 44.4 Å². The smallest absolute Gasteiger partial charge is 0.124 e. The topological polar surface area (TPSA) is 32.7 Å². The van der Waals surface area contributed by atoms with Crippen LogP contribution < -0.4 is 4.74 Å². The van der Waals surface area contributed by atoms with E-state index in [9.17, 15) is 5.11 Å². The van der Waals surface area contributed by atoms with Gasteiger partial charge in [-0.25, -0.2) is 0 Å². The van der Waals surface area contributed by atoms with Crippen LogP contribution in [0.5, 0.6) is 5.75 Å². The highest BCUT2D eigenvalue weighted by atomic mass is 16.5. The quantitative estimate of drug-likeness (QED) is 0.897. The number of benzene rings is 1. The van der Waals surface area contributed by atoms with E-state index < -0.39 is 6.10 Å². The fourth-order valence-electron chi connectivity index (χ4n) is 3.11. The van der Waals surface area contributed by atoms with Gasteiger partial charge in [0.2, 0.25) is 0 Å². The number of nitrogens with zero attached hydrogens (tertiary/aromatic N) is 1. The zero-order valence-electron chi connectivity index (χ0n) is 12.9. The van der Waals surface area contributed by atoms with Crippen molar-refractivity contribution in [2.24, 2.45) is 5.92 Å². The Morgan fingerprint density at radius 3 is 2.95 bits per heavy atom. The Labute approximate surface area is 122 Å². The summed E-state index contributed by atoms with van der Waals surface area (Å²) < 4.78 is 5.37. The Hall–Kier alpha value is -1.06. The lowest BCUT2D eigenvalue weighted by molar-refractivity contribution is 0.0820. The van der Waals surface area contributed by atoms with Gasteiger partial charge >= 0.3 is 0 Å². The first-order valence-electron chi connectivity index (χ1n) is 7.69. The monoisotopic (exact) mass is 277 g/mol. The van der Waals surface area contributed by atoms with Crippen molar-refractivity contribution < 1.29 is 9.84 Å². The number of hydrogen-bond donors (Lipinski definition) is 1. The Balaban J connectivity index is 2.04. The van der Waals surface area contributed by atoms with Crippen LogP contribution in [-0.4, -0.2) is 36.8 Å². The van der Waals surface area contributed by atoms with Crippen molar-refractivity contribution in [2.75, 3.05) is 26.7 Å². The summed E-state index contributed by atoms with van der Waals surface area (Å²) in [6.45, 7) is 7.22. The maximum Gasteiger partial charge on any atom is 0.124 e. The number of rotatable bonds is 5. The second-order valence-corrected chi connectivity index (χ2v) is 5.94. The number of likely N-dealkylation sites (tertiary alicyclic amines) is 1. The molecule has 112 valence electrons. The number of β-amino-alcohol motifs (C(OH)–C–C–N with tert-alkyl or cyclic N) is 1. The van der Waals surface area contributed by atoms with E-state index in [1.165, 1.54) is 19.3 Å². The molecule has 1 saturated heterocycles. The van der Waals surface area contributed by atoms with Crippen LogP contribution in [0, 0.1) is 12.8 Å². The number of piperidine rings is 1. The summed E-state index contributed by atoms with van der Waals surface area (Å²) in [6.07, 6.45) is 3.34. The zero-order chi connectivity index (χ0) is 14.5. The molecule has 2 unspecified atom stereocenters. The summed E-state index contributed by atoms with van der Waals surface area (Å²) in [4.78, 5) is 2.39. The standard InChI is InChI=1S/C17H27NO2/c1-4-14-6-5-9-18(11-14)12-16(19)15-10-13(2)7-8-17(15)20-3/h7-8,10,14,16,19H,4-6,9,11-12H2,1-3H3. The third-order valence-corrected chi connectivity index (χ3v) is 4.36. The average Bonchev–Trinajstić information content (AvgIpc) is 2.47. The molecule has 0 saturated carbocycles. The molecular weight excluding hydrogens is 250 g/mol. The second kappa shape index (κ2) is 7.09. The average molecular weight is 277 g/mol. The first-order valence-corrected chi connectivity index (χ1v) is 7.69. The molecule has 1 aliphatic rings. The van der Waals surface area contributed by atoms with E-state index in [0.29, 0.717) is 6.54 Å². The summed E-state index contributed by atoms with van der Waals surface area (Å²) in [7, 11) is 1.66. The van der Waals surface area contributed by atoms with Crippen molar-refractivity contribution in [1.82, 2.24) is 4.90 Å². The van der Waals surface area contributed by atoms with Crippen LogP contribution >= 0.6 is 0 Å². The van der Waals surface area contributed by atoms with Crippen LogP contribution in [0.15, 0.2) is 18.2 Å². The van der Waals surface area contributed by atoms with Crippen LogP contribution in [0.25, 0.3) is 0 Å². The van der Waals surface area contributed by atoms with Gasteiger partial charge in [0.1, 0.15) is 5.75 Å². The highest BCUT2D eigenvalue weighted by molar-refractivity contribution is 5.38. The van der Waals surface area contributed by atoms with Crippen LogP contribution in [-0.2, 0) is 0 Å². The maximum absolute atomic E-state index is 10.5. The highest BCUT2D eigenvalue weighted by Gasteiger charge is 2.22. The fourth-order valence-corrected chi connectivity index (χ4v) is 3.11. The molecule has 3 nitrogen and oxygen atoms in total. The van der Waals surface area contributed by atoms with Crippen molar-refractivity contribution in [3.8, 4) is 5.75 Å². The molecule has 2 rings (SSSR count). The number of aryl methyl sites for hydroxylation is 1. The molecule has 1 aromatic carbocycles. The van der Waals surface area contributed by atoms with E-state index in [-0.39, 0.29) is 0 Å². The molecule has 0 spiro atoms. The first-order chi connectivity index (χ1) is 9.63. The summed E-state index contributed by atoms with van der Waals surface area (Å²) in [5.41, 5.74) is 2.07. The van der Waals surface area contributed by atoms with Gasteiger partial charge in [-0.1, -0.05) is 25.0 Å². The second-order valence-electron chi connectivity index (χ2n) is 5.94. The van der Waals surface area contributed by atoms with Gasteiger partial charge in [0.25, 0.3) is 0 Å². The third kappa shape index (κ3) is 3.74. The Morgan fingerprint density at radius 1 is 1.45 bits per heavy atom. The summed E-state index contributed by atoms with van der Waals surface area (Å²) in [6, 6.07) is 5.99. The van der Waals surface area contributed by atoms with Gasteiger partial charge in [-0.3, -0.25) is 0 Å². The minimum absolute atomic E-state index is 0.472. The molecule has 1 fully saturated rings. The van der Waals surface area contributed by atoms with Gasteiger partial charge in [-0.15, -0.1) is 0 Å². The van der Waals surface area contributed by atoms with Crippen molar-refractivity contribution >= 4 is 0 Å². The van der Waals surface area contributed by atoms with Crippen molar-refractivity contribution in [3.63, 3.8) is 0 Å².